The number of carbonyl (C=O) groups is 2. The number of rotatable bonds is 10. The number of nitrogens with zero attached hydrogens (tertiary/aromatic N) is 2. The zero-order valence-electron chi connectivity index (χ0n) is 21.6. The normalized spacial score (nSPS) is 10.5. The number of fused-ring (bicyclic) bond motifs is 1. The molecule has 0 aliphatic rings. The number of benzene rings is 3. The van der Waals surface area contributed by atoms with Gasteiger partial charge in [0.05, 0.1) is 23.7 Å². The van der Waals surface area contributed by atoms with Crippen LogP contribution in [0.2, 0.25) is 0 Å². The highest BCUT2D eigenvalue weighted by Gasteiger charge is 2.14. The summed E-state index contributed by atoms with van der Waals surface area (Å²) in [5.74, 6) is 0.936. The van der Waals surface area contributed by atoms with E-state index in [1.54, 1.807) is 48.5 Å². The Bertz CT molecular complexity index is 1430. The van der Waals surface area contributed by atoms with Crippen molar-refractivity contribution in [3.05, 3.63) is 78.4 Å². The number of aromatic nitrogens is 2. The molecule has 0 atom stereocenters. The third kappa shape index (κ3) is 7.54. The fourth-order valence-corrected chi connectivity index (χ4v) is 3.68. The van der Waals surface area contributed by atoms with Gasteiger partial charge < -0.3 is 30.7 Å². The molecule has 4 aromatic rings. The lowest BCUT2D eigenvalue weighted by atomic mass is 10.1. The van der Waals surface area contributed by atoms with Gasteiger partial charge in [0.1, 0.15) is 23.6 Å². The van der Waals surface area contributed by atoms with Crippen LogP contribution in [0, 0.1) is 5.82 Å². The van der Waals surface area contributed by atoms with Crippen molar-refractivity contribution in [1.29, 1.82) is 0 Å². The van der Waals surface area contributed by atoms with E-state index in [9.17, 15) is 14.0 Å². The maximum absolute atomic E-state index is 13.0. The number of nitrogens with one attached hydrogen (secondary N) is 4. The number of hydrogen-bond donors (Lipinski definition) is 4. The predicted molar refractivity (Wildman–Crippen MR) is 147 cm³/mol. The van der Waals surface area contributed by atoms with Gasteiger partial charge in [0.15, 0.2) is 0 Å². The van der Waals surface area contributed by atoms with Crippen LogP contribution < -0.4 is 30.7 Å². The molecular formula is C28H29FN6O4. The number of halogens is 1. The Balaban J connectivity index is 1.39. The lowest BCUT2D eigenvalue weighted by Gasteiger charge is -2.14. The minimum Gasteiger partial charge on any atom is -0.494 e. The molecule has 39 heavy (non-hydrogen) atoms. The van der Waals surface area contributed by atoms with Gasteiger partial charge in [-0.25, -0.2) is 23.9 Å². The summed E-state index contributed by atoms with van der Waals surface area (Å²) in [7, 11) is 1.51. The van der Waals surface area contributed by atoms with E-state index >= 15 is 0 Å². The van der Waals surface area contributed by atoms with Gasteiger partial charge in [-0.2, -0.15) is 0 Å². The van der Waals surface area contributed by atoms with Crippen molar-refractivity contribution in [1.82, 2.24) is 20.6 Å². The van der Waals surface area contributed by atoms with Gasteiger partial charge in [0, 0.05) is 24.8 Å². The summed E-state index contributed by atoms with van der Waals surface area (Å²) in [4.78, 5) is 33.0. The van der Waals surface area contributed by atoms with Crippen LogP contribution in [0.5, 0.6) is 17.4 Å². The molecule has 4 amide bonds. The molecule has 11 heteroatoms. The Morgan fingerprint density at radius 3 is 2.33 bits per heavy atom. The lowest BCUT2D eigenvalue weighted by Crippen LogP contribution is -2.30. The first-order valence-corrected chi connectivity index (χ1v) is 12.4. The largest absolute Gasteiger partial charge is 0.494 e. The second kappa shape index (κ2) is 13.0. The van der Waals surface area contributed by atoms with E-state index in [1.807, 2.05) is 6.92 Å². The first-order chi connectivity index (χ1) is 18.9. The van der Waals surface area contributed by atoms with Crippen LogP contribution in [-0.4, -0.2) is 42.2 Å². The van der Waals surface area contributed by atoms with E-state index in [2.05, 4.69) is 31.2 Å². The van der Waals surface area contributed by atoms with Crippen molar-refractivity contribution in [2.75, 3.05) is 30.8 Å². The molecule has 0 spiro atoms. The van der Waals surface area contributed by atoms with E-state index in [0.717, 1.165) is 12.0 Å². The van der Waals surface area contributed by atoms with Crippen LogP contribution >= 0.6 is 0 Å². The molecule has 0 saturated carbocycles. The number of methoxy groups -OCH3 is 1. The first kappa shape index (κ1) is 27.1. The highest BCUT2D eigenvalue weighted by atomic mass is 19.1. The molecule has 1 heterocycles. The zero-order valence-corrected chi connectivity index (χ0v) is 21.6. The average Bonchev–Trinajstić information content (AvgIpc) is 2.94. The van der Waals surface area contributed by atoms with E-state index < -0.39 is 0 Å². The SMILES string of the molecule is CCCNC(=O)Nc1cc2c(Oc3ccc(NC(=O)NCCc4ccc(F)cc4)cc3)ncnc2cc1OC. The molecule has 0 fully saturated rings. The molecule has 0 radical (unpaired) electrons. The van der Waals surface area contributed by atoms with Crippen molar-refractivity contribution < 1.29 is 23.5 Å². The summed E-state index contributed by atoms with van der Waals surface area (Å²) in [6.45, 7) is 2.91. The standard InChI is InChI=1S/C28H29FN6O4/c1-3-13-30-28(37)35-24-15-22-23(16-25(24)38-2)32-17-33-26(22)39-21-10-8-20(9-11-21)34-27(36)31-14-12-18-4-6-19(29)7-5-18/h4-11,15-17H,3,12-14H2,1-2H3,(H2,30,35,37)(H2,31,34,36). The van der Waals surface area contributed by atoms with E-state index in [1.165, 1.54) is 25.6 Å². The van der Waals surface area contributed by atoms with Gasteiger partial charge >= 0.3 is 12.1 Å². The average molecular weight is 533 g/mol. The van der Waals surface area contributed by atoms with E-state index in [0.29, 0.717) is 59.2 Å². The third-order valence-electron chi connectivity index (χ3n) is 5.64. The molecule has 3 aromatic carbocycles. The quantitative estimate of drug-likeness (QED) is 0.215. The zero-order chi connectivity index (χ0) is 27.6. The molecular weight excluding hydrogens is 503 g/mol. The summed E-state index contributed by atoms with van der Waals surface area (Å²) in [5.41, 5.74) is 2.52. The molecule has 10 nitrogen and oxygen atoms in total. The van der Waals surface area contributed by atoms with Gasteiger partial charge in [0.25, 0.3) is 0 Å². The summed E-state index contributed by atoms with van der Waals surface area (Å²) < 4.78 is 24.4. The molecule has 1 aromatic heterocycles. The van der Waals surface area contributed by atoms with Gasteiger partial charge in [-0.05, 0) is 60.9 Å². The van der Waals surface area contributed by atoms with Crippen molar-refractivity contribution in [2.24, 2.45) is 0 Å². The second-order valence-corrected chi connectivity index (χ2v) is 8.51. The second-order valence-electron chi connectivity index (χ2n) is 8.51. The van der Waals surface area contributed by atoms with Gasteiger partial charge in [-0.15, -0.1) is 0 Å². The van der Waals surface area contributed by atoms with Crippen LogP contribution in [0.25, 0.3) is 10.9 Å². The number of ether oxygens (including phenoxy) is 2. The maximum Gasteiger partial charge on any atom is 0.319 e. The Labute approximate surface area is 225 Å². The minimum absolute atomic E-state index is 0.291. The molecule has 0 aliphatic heterocycles. The Kier molecular flexibility index (Phi) is 9.07. The Morgan fingerprint density at radius 1 is 0.897 bits per heavy atom. The summed E-state index contributed by atoms with van der Waals surface area (Å²) in [5, 5.41) is 11.6. The highest BCUT2D eigenvalue weighted by Crippen LogP contribution is 2.34. The van der Waals surface area contributed by atoms with Crippen LogP contribution in [0.1, 0.15) is 18.9 Å². The van der Waals surface area contributed by atoms with E-state index in [-0.39, 0.29) is 17.9 Å². The first-order valence-electron chi connectivity index (χ1n) is 12.4. The van der Waals surface area contributed by atoms with Gasteiger partial charge in [-0.3, -0.25) is 0 Å². The molecule has 0 aliphatic carbocycles. The lowest BCUT2D eigenvalue weighted by molar-refractivity contribution is 0.251. The fraction of sp³-hybridized carbons (Fsp3) is 0.214. The minimum atomic E-state index is -0.357. The van der Waals surface area contributed by atoms with Gasteiger partial charge in [0.2, 0.25) is 5.88 Å². The van der Waals surface area contributed by atoms with Crippen molar-refractivity contribution in [3.63, 3.8) is 0 Å². The smallest absolute Gasteiger partial charge is 0.319 e. The van der Waals surface area contributed by atoms with Crippen LogP contribution in [0.4, 0.5) is 25.4 Å². The Hall–Kier alpha value is -4.93. The van der Waals surface area contributed by atoms with Crippen LogP contribution in [0.3, 0.4) is 0 Å². The third-order valence-corrected chi connectivity index (χ3v) is 5.64. The monoisotopic (exact) mass is 532 g/mol. The number of urea groups is 2. The Morgan fingerprint density at radius 2 is 1.62 bits per heavy atom. The summed E-state index contributed by atoms with van der Waals surface area (Å²) >= 11 is 0. The summed E-state index contributed by atoms with van der Waals surface area (Å²) in [6.07, 6.45) is 2.77. The van der Waals surface area contributed by atoms with Crippen molar-refractivity contribution >= 4 is 34.3 Å². The highest BCUT2D eigenvalue weighted by molar-refractivity contribution is 5.96. The predicted octanol–water partition coefficient (Wildman–Crippen LogP) is 5.47. The molecule has 0 bridgehead atoms. The molecule has 4 N–H and O–H groups in total. The van der Waals surface area contributed by atoms with E-state index in [4.69, 9.17) is 9.47 Å². The van der Waals surface area contributed by atoms with Gasteiger partial charge in [-0.1, -0.05) is 19.1 Å². The van der Waals surface area contributed by atoms with Crippen molar-refractivity contribution in [2.45, 2.75) is 19.8 Å². The number of anilines is 2. The topological polar surface area (TPSA) is 127 Å². The maximum atomic E-state index is 13.0. The molecule has 0 unspecified atom stereocenters. The molecule has 4 rings (SSSR count). The molecule has 0 saturated heterocycles. The number of hydrogen-bond acceptors (Lipinski definition) is 6. The van der Waals surface area contributed by atoms with Crippen LogP contribution in [-0.2, 0) is 6.42 Å². The number of carbonyl (C=O) groups excluding carboxylic acids is 2. The summed E-state index contributed by atoms with van der Waals surface area (Å²) in [6, 6.07) is 15.6. The fourth-order valence-electron chi connectivity index (χ4n) is 3.68. The van der Waals surface area contributed by atoms with Crippen LogP contribution in [0.15, 0.2) is 67.0 Å². The molecule has 202 valence electrons. The number of amides is 4. The van der Waals surface area contributed by atoms with Crippen molar-refractivity contribution in [3.8, 4) is 17.4 Å².